The molecule has 7 nitrogen and oxygen atoms in total. The molecule has 1 fully saturated rings. The minimum absolute atomic E-state index is 0.160. The van der Waals surface area contributed by atoms with Crippen molar-refractivity contribution < 1.29 is 23.5 Å². The summed E-state index contributed by atoms with van der Waals surface area (Å²) in [7, 11) is 0. The number of nitrogens with one attached hydrogen (secondary N) is 2. The average molecular weight is 356 g/mol. The molecule has 0 radical (unpaired) electrons. The molecular formula is C19H20N2O5. The van der Waals surface area contributed by atoms with Gasteiger partial charge in [-0.25, -0.2) is 0 Å². The Labute approximate surface area is 150 Å². The number of benzene rings is 1. The fourth-order valence-corrected chi connectivity index (χ4v) is 2.71. The summed E-state index contributed by atoms with van der Waals surface area (Å²) in [5.41, 5.74) is 1.21. The van der Waals surface area contributed by atoms with E-state index in [1.807, 2.05) is 0 Å². The van der Waals surface area contributed by atoms with Crippen molar-refractivity contribution in [1.29, 1.82) is 0 Å². The molecule has 7 heteroatoms. The van der Waals surface area contributed by atoms with E-state index in [0.717, 1.165) is 0 Å². The Morgan fingerprint density at radius 3 is 2.35 bits per heavy atom. The number of aryl methyl sites for hydroxylation is 1. The minimum Gasteiger partial charge on any atom is -0.465 e. The Hall–Kier alpha value is -3.09. The van der Waals surface area contributed by atoms with Crippen molar-refractivity contribution in [2.75, 3.05) is 17.2 Å². The summed E-state index contributed by atoms with van der Waals surface area (Å²) in [6, 6.07) is 10.1. The molecule has 136 valence electrons. The van der Waals surface area contributed by atoms with Crippen LogP contribution in [0.25, 0.3) is 0 Å². The molecular weight excluding hydrogens is 336 g/mol. The molecule has 3 rings (SSSR count). The molecule has 1 aromatic carbocycles. The number of furan rings is 1. The second-order valence-electron chi connectivity index (χ2n) is 6.18. The third kappa shape index (κ3) is 4.50. The van der Waals surface area contributed by atoms with Gasteiger partial charge in [-0.15, -0.1) is 0 Å². The highest BCUT2D eigenvalue weighted by molar-refractivity contribution is 6.02. The number of anilines is 2. The van der Waals surface area contributed by atoms with Gasteiger partial charge in [0.15, 0.2) is 5.76 Å². The zero-order valence-electron chi connectivity index (χ0n) is 14.4. The molecule has 0 spiro atoms. The summed E-state index contributed by atoms with van der Waals surface area (Å²) in [6.07, 6.45) is 1.42. The lowest BCUT2D eigenvalue weighted by atomic mass is 10.0. The second-order valence-corrected chi connectivity index (χ2v) is 6.18. The average Bonchev–Trinajstić information content (AvgIpc) is 3.23. The summed E-state index contributed by atoms with van der Waals surface area (Å²) >= 11 is 0. The molecule has 0 saturated carbocycles. The van der Waals surface area contributed by atoms with Crippen LogP contribution in [0.3, 0.4) is 0 Å². The number of cyclic esters (lactones) is 1. The smallest absolute Gasteiger partial charge is 0.309 e. The van der Waals surface area contributed by atoms with Gasteiger partial charge in [-0.2, -0.15) is 0 Å². The van der Waals surface area contributed by atoms with Crippen LogP contribution in [0.5, 0.6) is 0 Å². The number of carbonyl (C=O) groups is 3. The summed E-state index contributed by atoms with van der Waals surface area (Å²) in [6.45, 7) is 2.21. The molecule has 1 aliphatic rings. The zero-order valence-corrected chi connectivity index (χ0v) is 14.4. The molecule has 0 aliphatic carbocycles. The molecule has 2 N–H and O–H groups in total. The van der Waals surface area contributed by atoms with Crippen molar-refractivity contribution in [2.24, 2.45) is 5.92 Å². The van der Waals surface area contributed by atoms with Gasteiger partial charge >= 0.3 is 5.97 Å². The van der Waals surface area contributed by atoms with Crippen LogP contribution in [-0.2, 0) is 14.3 Å². The third-order valence-corrected chi connectivity index (χ3v) is 4.15. The quantitative estimate of drug-likeness (QED) is 0.775. The van der Waals surface area contributed by atoms with Gasteiger partial charge < -0.3 is 19.8 Å². The van der Waals surface area contributed by atoms with E-state index in [4.69, 9.17) is 9.15 Å². The Kier molecular flexibility index (Phi) is 5.36. The Morgan fingerprint density at radius 2 is 1.77 bits per heavy atom. The topological polar surface area (TPSA) is 97.6 Å². The molecule has 0 bridgehead atoms. The van der Waals surface area contributed by atoms with Crippen LogP contribution >= 0.6 is 0 Å². The maximum atomic E-state index is 12.0. The van der Waals surface area contributed by atoms with Gasteiger partial charge in [0.1, 0.15) is 5.76 Å². The van der Waals surface area contributed by atoms with Gasteiger partial charge in [-0.1, -0.05) is 0 Å². The van der Waals surface area contributed by atoms with E-state index in [1.54, 1.807) is 43.3 Å². The molecule has 2 aromatic rings. The normalized spacial score (nSPS) is 16.2. The van der Waals surface area contributed by atoms with Gasteiger partial charge in [0.2, 0.25) is 5.91 Å². The molecule has 2 amide bonds. The Morgan fingerprint density at radius 1 is 1.08 bits per heavy atom. The SMILES string of the molecule is Cc1ccc(C(=O)Nc2ccc(NC(=O)CC[C@@H]3CCOC3=O)cc2)o1. The van der Waals surface area contributed by atoms with Crippen molar-refractivity contribution >= 4 is 29.2 Å². The predicted octanol–water partition coefficient (Wildman–Crippen LogP) is 3.12. The molecule has 1 aromatic heterocycles. The van der Waals surface area contributed by atoms with Gasteiger partial charge in [-0.05, 0) is 56.2 Å². The van der Waals surface area contributed by atoms with E-state index in [2.05, 4.69) is 10.6 Å². The number of esters is 1. The van der Waals surface area contributed by atoms with E-state index in [1.165, 1.54) is 0 Å². The predicted molar refractivity (Wildman–Crippen MR) is 94.8 cm³/mol. The number of hydrogen-bond acceptors (Lipinski definition) is 5. The monoisotopic (exact) mass is 356 g/mol. The molecule has 2 heterocycles. The number of hydrogen-bond donors (Lipinski definition) is 2. The van der Waals surface area contributed by atoms with E-state index in [-0.39, 0.29) is 35.9 Å². The van der Waals surface area contributed by atoms with Crippen molar-refractivity contribution in [3.63, 3.8) is 0 Å². The maximum Gasteiger partial charge on any atom is 0.309 e. The number of carbonyl (C=O) groups excluding carboxylic acids is 3. The van der Waals surface area contributed by atoms with Crippen molar-refractivity contribution in [3.8, 4) is 0 Å². The van der Waals surface area contributed by atoms with Crippen LogP contribution in [-0.4, -0.2) is 24.4 Å². The highest BCUT2D eigenvalue weighted by Crippen LogP contribution is 2.20. The largest absolute Gasteiger partial charge is 0.465 e. The number of rotatable bonds is 6. The van der Waals surface area contributed by atoms with Crippen LogP contribution in [0.4, 0.5) is 11.4 Å². The molecule has 26 heavy (non-hydrogen) atoms. The van der Waals surface area contributed by atoms with Crippen molar-refractivity contribution in [2.45, 2.75) is 26.2 Å². The highest BCUT2D eigenvalue weighted by Gasteiger charge is 2.26. The minimum atomic E-state index is -0.335. The highest BCUT2D eigenvalue weighted by atomic mass is 16.5. The fourth-order valence-electron chi connectivity index (χ4n) is 2.71. The first-order valence-electron chi connectivity index (χ1n) is 8.45. The Balaban J connectivity index is 1.48. The van der Waals surface area contributed by atoms with Crippen LogP contribution < -0.4 is 10.6 Å². The summed E-state index contributed by atoms with van der Waals surface area (Å²) in [5, 5.41) is 5.50. The fraction of sp³-hybridized carbons (Fsp3) is 0.316. The number of amides is 2. The molecule has 0 unspecified atom stereocenters. The lowest BCUT2D eigenvalue weighted by Gasteiger charge is -2.08. The Bertz CT molecular complexity index is 810. The molecule has 1 aliphatic heterocycles. The summed E-state index contributed by atoms with van der Waals surface area (Å²) in [5.74, 6) is 0.0171. The first-order chi connectivity index (χ1) is 12.5. The first-order valence-corrected chi connectivity index (χ1v) is 8.45. The van der Waals surface area contributed by atoms with Gasteiger partial charge in [-0.3, -0.25) is 14.4 Å². The van der Waals surface area contributed by atoms with Gasteiger partial charge in [0, 0.05) is 17.8 Å². The lowest BCUT2D eigenvalue weighted by Crippen LogP contribution is -2.15. The lowest BCUT2D eigenvalue weighted by molar-refractivity contribution is -0.141. The standard InChI is InChI=1S/C19H20N2O5/c1-12-2-8-16(26-12)18(23)21-15-6-4-14(5-7-15)20-17(22)9-3-13-10-11-25-19(13)24/h2,4-8,13H,3,9-11H2,1H3,(H,20,22)(H,21,23)/t13-/m1/s1. The van der Waals surface area contributed by atoms with Gasteiger partial charge in [0.25, 0.3) is 5.91 Å². The van der Waals surface area contributed by atoms with E-state index >= 15 is 0 Å². The van der Waals surface area contributed by atoms with Gasteiger partial charge in [0.05, 0.1) is 12.5 Å². The third-order valence-electron chi connectivity index (χ3n) is 4.15. The summed E-state index contributed by atoms with van der Waals surface area (Å²) in [4.78, 5) is 35.4. The zero-order chi connectivity index (χ0) is 18.5. The van der Waals surface area contributed by atoms with E-state index in [9.17, 15) is 14.4 Å². The molecule has 1 saturated heterocycles. The van der Waals surface area contributed by atoms with Crippen LogP contribution in [0.2, 0.25) is 0 Å². The summed E-state index contributed by atoms with van der Waals surface area (Å²) < 4.78 is 10.2. The van der Waals surface area contributed by atoms with Crippen molar-refractivity contribution in [1.82, 2.24) is 0 Å². The van der Waals surface area contributed by atoms with E-state index < -0.39 is 0 Å². The maximum absolute atomic E-state index is 12.0. The van der Waals surface area contributed by atoms with Crippen LogP contribution in [0.15, 0.2) is 40.8 Å². The van der Waals surface area contributed by atoms with Crippen molar-refractivity contribution in [3.05, 3.63) is 47.9 Å². The van der Waals surface area contributed by atoms with Crippen LogP contribution in [0, 0.1) is 12.8 Å². The first kappa shape index (κ1) is 17.7. The van der Waals surface area contributed by atoms with Crippen LogP contribution in [0.1, 0.15) is 35.6 Å². The number of ether oxygens (including phenoxy) is 1. The van der Waals surface area contributed by atoms with E-state index in [0.29, 0.717) is 36.6 Å². The molecule has 1 atom stereocenters. The second kappa shape index (κ2) is 7.86.